The fourth-order valence-corrected chi connectivity index (χ4v) is 2.39. The van der Waals surface area contributed by atoms with E-state index in [-0.39, 0.29) is 17.9 Å². The van der Waals surface area contributed by atoms with E-state index in [2.05, 4.69) is 19.9 Å². The van der Waals surface area contributed by atoms with Crippen LogP contribution < -0.4 is 4.74 Å². The number of carboxylic acids is 1. The van der Waals surface area contributed by atoms with E-state index in [1.807, 2.05) is 6.07 Å². The number of H-pyrrole nitrogens is 1. The third kappa shape index (κ3) is 2.24. The van der Waals surface area contributed by atoms with Crippen molar-refractivity contribution < 1.29 is 16.0 Å². The van der Waals surface area contributed by atoms with E-state index >= 15 is 0 Å². The molecule has 23 heavy (non-hydrogen) atoms. The average molecular weight is 307 g/mol. The van der Waals surface area contributed by atoms with Crippen LogP contribution in [0.5, 0.6) is 11.8 Å². The largest absolute Gasteiger partial charge is 0.477 e. The Morgan fingerprint density at radius 2 is 2.00 bits per heavy atom. The lowest BCUT2D eigenvalue weighted by molar-refractivity contribution is 0.0690. The van der Waals surface area contributed by atoms with E-state index in [0.29, 0.717) is 27.6 Å². The van der Waals surface area contributed by atoms with E-state index in [4.69, 9.17) is 6.11 Å². The van der Waals surface area contributed by atoms with Crippen LogP contribution in [0.15, 0.2) is 48.9 Å². The van der Waals surface area contributed by atoms with Crippen LogP contribution in [0.2, 0.25) is 0 Å². The van der Waals surface area contributed by atoms with Gasteiger partial charge in [0.15, 0.2) is 0 Å². The Labute approximate surface area is 131 Å². The zero-order valence-electron chi connectivity index (χ0n) is 12.6. The molecule has 0 aliphatic carbocycles. The molecule has 0 radical (unpaired) electrons. The number of ether oxygens (including phenoxy) is 1. The fourth-order valence-electron chi connectivity index (χ4n) is 2.39. The Balaban J connectivity index is 1.99. The van der Waals surface area contributed by atoms with Crippen LogP contribution in [0, 0.1) is 0 Å². The van der Waals surface area contributed by atoms with Crippen molar-refractivity contribution in [3.8, 4) is 11.8 Å². The number of aromatic amines is 1. The molecule has 7 nitrogen and oxygen atoms in total. The molecular formula is C16H10N4O3. The molecule has 0 aliphatic heterocycles. The molecule has 2 N–H and O–H groups in total. The Kier molecular flexibility index (Phi) is 2.66. The summed E-state index contributed by atoms with van der Waals surface area (Å²) in [6.45, 7) is 0. The number of hydrogen-bond acceptors (Lipinski definition) is 5. The molecule has 0 aliphatic rings. The molecule has 3 heterocycles. The van der Waals surface area contributed by atoms with Crippen LogP contribution in [0.1, 0.15) is 11.9 Å². The molecule has 4 rings (SSSR count). The summed E-state index contributed by atoms with van der Waals surface area (Å²) < 4.78 is 13.7. The second kappa shape index (κ2) is 5.06. The molecule has 112 valence electrons. The van der Waals surface area contributed by atoms with Gasteiger partial charge in [-0.2, -0.15) is 0 Å². The van der Waals surface area contributed by atoms with Crippen molar-refractivity contribution in [2.75, 3.05) is 0 Å². The highest BCUT2D eigenvalue weighted by Gasteiger charge is 2.14. The molecule has 0 unspecified atom stereocenters. The summed E-state index contributed by atoms with van der Waals surface area (Å²) in [5.41, 5.74) is 0.954. The fraction of sp³-hybridized carbons (Fsp3) is 0. The van der Waals surface area contributed by atoms with Gasteiger partial charge in [-0.3, -0.25) is 0 Å². The quantitative estimate of drug-likeness (QED) is 0.603. The normalized spacial score (nSPS) is 11.6. The zero-order chi connectivity index (χ0) is 16.7. The third-order valence-corrected chi connectivity index (χ3v) is 3.36. The summed E-state index contributed by atoms with van der Waals surface area (Å²) in [6, 6.07) is 8.61. The number of aromatic nitrogens is 4. The molecule has 3 aromatic heterocycles. The maximum atomic E-state index is 11.2. The van der Waals surface area contributed by atoms with Crippen LogP contribution >= 0.6 is 0 Å². The maximum Gasteiger partial charge on any atom is 0.354 e. The van der Waals surface area contributed by atoms with Gasteiger partial charge in [0.05, 0.1) is 24.0 Å². The maximum absolute atomic E-state index is 11.2. The minimum atomic E-state index is -1.19. The lowest BCUT2D eigenvalue weighted by Gasteiger charge is -2.05. The summed E-state index contributed by atoms with van der Waals surface area (Å²) in [5.74, 6) is -0.726. The van der Waals surface area contributed by atoms with E-state index in [9.17, 15) is 9.90 Å². The van der Waals surface area contributed by atoms with Crippen LogP contribution in [-0.4, -0.2) is 31.0 Å². The zero-order valence-corrected chi connectivity index (χ0v) is 11.6. The predicted octanol–water partition coefficient (Wildman–Crippen LogP) is 3.00. The number of carboxylic acid groups (broad SMARTS) is 1. The van der Waals surface area contributed by atoms with E-state index in [1.54, 1.807) is 30.6 Å². The number of nitrogens with one attached hydrogen (secondary N) is 1. The van der Waals surface area contributed by atoms with Crippen molar-refractivity contribution in [1.29, 1.82) is 0 Å². The molecule has 0 amide bonds. The van der Waals surface area contributed by atoms with Crippen molar-refractivity contribution in [2.24, 2.45) is 0 Å². The number of hydrogen-bond donors (Lipinski definition) is 2. The van der Waals surface area contributed by atoms with E-state index in [1.165, 1.54) is 6.07 Å². The lowest BCUT2D eigenvalue weighted by atomic mass is 10.1. The Morgan fingerprint density at radius 1 is 1.17 bits per heavy atom. The van der Waals surface area contributed by atoms with Crippen molar-refractivity contribution in [3.05, 3.63) is 54.6 Å². The van der Waals surface area contributed by atoms with Crippen molar-refractivity contribution in [2.45, 2.75) is 0 Å². The second-order valence-electron chi connectivity index (χ2n) is 4.78. The number of nitrogens with zero attached hydrogens (tertiary/aromatic N) is 3. The number of carbonyl (C=O) groups is 1. The molecular weight excluding hydrogens is 296 g/mol. The van der Waals surface area contributed by atoms with Gasteiger partial charge < -0.3 is 14.8 Å². The molecule has 0 atom stereocenters. The lowest BCUT2D eigenvalue weighted by Crippen LogP contribution is -1.98. The SMILES string of the molecule is [2H]c1nc(C(=O)O)cc2c1[nH]c1cccc(Oc3ncccn3)c12. The van der Waals surface area contributed by atoms with Gasteiger partial charge in [0, 0.05) is 17.8 Å². The van der Waals surface area contributed by atoms with E-state index in [0.717, 1.165) is 0 Å². The Morgan fingerprint density at radius 3 is 2.78 bits per heavy atom. The Bertz CT molecular complexity index is 1080. The average Bonchev–Trinajstić information content (AvgIpc) is 2.96. The number of rotatable bonds is 3. The van der Waals surface area contributed by atoms with E-state index < -0.39 is 5.97 Å². The summed E-state index contributed by atoms with van der Waals surface area (Å²) >= 11 is 0. The number of fused-ring (bicyclic) bond motifs is 3. The Hall–Kier alpha value is -3.48. The highest BCUT2D eigenvalue weighted by Crippen LogP contribution is 2.34. The van der Waals surface area contributed by atoms with Crippen molar-refractivity contribution in [1.82, 2.24) is 19.9 Å². The van der Waals surface area contributed by atoms with Gasteiger partial charge in [0.1, 0.15) is 11.4 Å². The number of aromatic carboxylic acids is 1. The van der Waals surface area contributed by atoms with Gasteiger partial charge in [0.2, 0.25) is 0 Å². The first-order chi connectivity index (χ1) is 11.6. The summed E-state index contributed by atoms with van der Waals surface area (Å²) in [7, 11) is 0. The molecule has 4 aromatic rings. The number of benzene rings is 1. The minimum Gasteiger partial charge on any atom is -0.477 e. The third-order valence-electron chi connectivity index (χ3n) is 3.36. The second-order valence-corrected chi connectivity index (χ2v) is 4.78. The standard InChI is InChI=1S/C16H10N4O3/c21-15(22)11-7-9-12(8-19-11)20-10-3-1-4-13(14(9)10)23-16-17-5-2-6-18-16/h1-8,20H,(H,21,22)/i8D. The van der Waals surface area contributed by atoms with Crippen LogP contribution in [0.25, 0.3) is 21.8 Å². The van der Waals surface area contributed by atoms with Crippen molar-refractivity contribution in [3.63, 3.8) is 0 Å². The van der Waals surface area contributed by atoms with Crippen molar-refractivity contribution >= 4 is 27.8 Å². The molecule has 0 spiro atoms. The predicted molar refractivity (Wildman–Crippen MR) is 82.7 cm³/mol. The molecule has 0 saturated heterocycles. The summed E-state index contributed by atoms with van der Waals surface area (Å²) in [5, 5.41) is 10.4. The monoisotopic (exact) mass is 307 g/mol. The first-order valence-electron chi connectivity index (χ1n) is 7.23. The molecule has 0 fully saturated rings. The highest BCUT2D eigenvalue weighted by atomic mass is 16.5. The molecule has 0 saturated carbocycles. The summed E-state index contributed by atoms with van der Waals surface area (Å²) in [4.78, 5) is 26.1. The van der Waals surface area contributed by atoms with Gasteiger partial charge in [-0.1, -0.05) is 6.07 Å². The van der Waals surface area contributed by atoms with Gasteiger partial charge in [-0.05, 0) is 24.3 Å². The van der Waals surface area contributed by atoms with Crippen LogP contribution in [0.3, 0.4) is 0 Å². The van der Waals surface area contributed by atoms with Gasteiger partial charge >= 0.3 is 12.0 Å². The highest BCUT2D eigenvalue weighted by molar-refractivity contribution is 6.11. The van der Waals surface area contributed by atoms with Gasteiger partial charge in [-0.15, -0.1) is 0 Å². The van der Waals surface area contributed by atoms with Gasteiger partial charge in [0.25, 0.3) is 0 Å². The molecule has 7 heteroatoms. The van der Waals surface area contributed by atoms with Crippen LogP contribution in [-0.2, 0) is 0 Å². The minimum absolute atomic E-state index is 0.136. The first-order valence-corrected chi connectivity index (χ1v) is 6.73. The molecule has 0 bridgehead atoms. The summed E-state index contributed by atoms with van der Waals surface area (Å²) in [6.07, 6.45) is 2.99. The smallest absolute Gasteiger partial charge is 0.354 e. The number of pyridine rings is 1. The first kappa shape index (κ1) is 12.1. The van der Waals surface area contributed by atoms with Crippen LogP contribution in [0.4, 0.5) is 0 Å². The van der Waals surface area contributed by atoms with Gasteiger partial charge in [-0.25, -0.2) is 19.7 Å². The topological polar surface area (TPSA) is 101 Å². The molecule has 1 aromatic carbocycles.